The molecule has 1 aliphatic carbocycles. The van der Waals surface area contributed by atoms with Crippen LogP contribution in [0.4, 0.5) is 0 Å². The predicted octanol–water partition coefficient (Wildman–Crippen LogP) is 1.81. The summed E-state index contributed by atoms with van der Waals surface area (Å²) in [5.41, 5.74) is 0.492. The predicted molar refractivity (Wildman–Crippen MR) is 93.4 cm³/mol. The number of amides is 1. The Morgan fingerprint density at radius 2 is 2.19 bits per heavy atom. The van der Waals surface area contributed by atoms with Gasteiger partial charge in [0.2, 0.25) is 0 Å². The standard InChI is InChI=1S/C19H25NO6/c1-24-17-7-3-6-15(17)16-11-25-9-8-20(16)19(23)13-4-2-5-14(10-13)26-12-18(21)22/h2,4-5,10,15-17H,3,6-9,11-12H2,1H3,(H,21,22). The summed E-state index contributed by atoms with van der Waals surface area (Å²) >= 11 is 0. The number of hydrogen-bond donors (Lipinski definition) is 1. The molecule has 1 N–H and O–H groups in total. The first-order valence-electron chi connectivity index (χ1n) is 8.96. The lowest BCUT2D eigenvalue weighted by Crippen LogP contribution is -2.53. The average molecular weight is 363 g/mol. The van der Waals surface area contributed by atoms with Gasteiger partial charge in [-0.25, -0.2) is 4.79 Å². The molecule has 2 fully saturated rings. The summed E-state index contributed by atoms with van der Waals surface area (Å²) in [6.07, 6.45) is 3.29. The van der Waals surface area contributed by atoms with E-state index in [0.717, 1.165) is 19.3 Å². The fourth-order valence-corrected chi connectivity index (χ4v) is 3.95. The molecule has 1 heterocycles. The maximum Gasteiger partial charge on any atom is 0.341 e. The molecule has 1 amide bonds. The highest BCUT2D eigenvalue weighted by molar-refractivity contribution is 5.95. The molecule has 2 aliphatic rings. The Hall–Kier alpha value is -2.12. The number of carboxylic acid groups (broad SMARTS) is 1. The Labute approximate surface area is 152 Å². The minimum absolute atomic E-state index is 0.00714. The van der Waals surface area contributed by atoms with Gasteiger partial charge in [-0.2, -0.15) is 0 Å². The second kappa shape index (κ2) is 8.51. The highest BCUT2D eigenvalue weighted by Gasteiger charge is 2.40. The van der Waals surface area contributed by atoms with Crippen molar-refractivity contribution in [3.05, 3.63) is 29.8 Å². The Morgan fingerprint density at radius 3 is 2.96 bits per heavy atom. The van der Waals surface area contributed by atoms with Crippen molar-refractivity contribution in [1.82, 2.24) is 4.90 Å². The van der Waals surface area contributed by atoms with Gasteiger partial charge in [-0.1, -0.05) is 12.5 Å². The minimum Gasteiger partial charge on any atom is -0.482 e. The van der Waals surface area contributed by atoms with Gasteiger partial charge in [-0.05, 0) is 31.0 Å². The monoisotopic (exact) mass is 363 g/mol. The molecular weight excluding hydrogens is 338 g/mol. The van der Waals surface area contributed by atoms with Gasteiger partial charge in [0, 0.05) is 25.1 Å². The van der Waals surface area contributed by atoms with Crippen LogP contribution < -0.4 is 4.74 Å². The average Bonchev–Trinajstić information content (AvgIpc) is 3.14. The second-order valence-electron chi connectivity index (χ2n) is 6.72. The number of methoxy groups -OCH3 is 1. The minimum atomic E-state index is -1.05. The Bertz CT molecular complexity index is 649. The molecule has 3 rings (SSSR count). The molecule has 0 spiro atoms. The van der Waals surface area contributed by atoms with Gasteiger partial charge in [0.25, 0.3) is 5.91 Å². The second-order valence-corrected chi connectivity index (χ2v) is 6.72. The zero-order valence-electron chi connectivity index (χ0n) is 14.9. The van der Waals surface area contributed by atoms with E-state index in [1.807, 2.05) is 4.90 Å². The Morgan fingerprint density at radius 1 is 1.35 bits per heavy atom. The number of morpholine rings is 1. The number of hydrogen-bond acceptors (Lipinski definition) is 5. The molecule has 1 saturated carbocycles. The van der Waals surface area contributed by atoms with Gasteiger partial charge in [-0.3, -0.25) is 4.79 Å². The topological polar surface area (TPSA) is 85.3 Å². The van der Waals surface area contributed by atoms with Crippen molar-refractivity contribution in [3.63, 3.8) is 0 Å². The summed E-state index contributed by atoms with van der Waals surface area (Å²) in [5.74, 6) is -0.489. The highest BCUT2D eigenvalue weighted by Crippen LogP contribution is 2.34. The van der Waals surface area contributed by atoms with Crippen molar-refractivity contribution < 1.29 is 28.9 Å². The molecule has 1 saturated heterocycles. The van der Waals surface area contributed by atoms with Gasteiger partial charge >= 0.3 is 5.97 Å². The van der Waals surface area contributed by atoms with Crippen molar-refractivity contribution in [2.45, 2.75) is 31.4 Å². The molecule has 3 unspecified atom stereocenters. The van der Waals surface area contributed by atoms with E-state index >= 15 is 0 Å². The summed E-state index contributed by atoms with van der Waals surface area (Å²) < 4.78 is 16.5. The highest BCUT2D eigenvalue weighted by atomic mass is 16.5. The number of carboxylic acids is 1. The van der Waals surface area contributed by atoms with Crippen LogP contribution in [0.5, 0.6) is 5.75 Å². The fourth-order valence-electron chi connectivity index (χ4n) is 3.95. The first-order valence-corrected chi connectivity index (χ1v) is 8.96. The van der Waals surface area contributed by atoms with E-state index in [1.54, 1.807) is 31.4 Å². The number of benzene rings is 1. The van der Waals surface area contributed by atoms with E-state index in [4.69, 9.17) is 19.3 Å². The largest absolute Gasteiger partial charge is 0.482 e. The molecule has 1 aliphatic heterocycles. The normalized spacial score (nSPS) is 25.9. The lowest BCUT2D eigenvalue weighted by Gasteiger charge is -2.40. The lowest BCUT2D eigenvalue weighted by molar-refractivity contribution is -0.139. The van der Waals surface area contributed by atoms with Crippen molar-refractivity contribution in [1.29, 1.82) is 0 Å². The van der Waals surface area contributed by atoms with E-state index < -0.39 is 12.6 Å². The van der Waals surface area contributed by atoms with Gasteiger partial charge < -0.3 is 24.2 Å². The van der Waals surface area contributed by atoms with Gasteiger partial charge in [0.05, 0.1) is 25.4 Å². The molecule has 0 bridgehead atoms. The van der Waals surface area contributed by atoms with Crippen LogP contribution in [0.3, 0.4) is 0 Å². The van der Waals surface area contributed by atoms with Crippen molar-refractivity contribution in [2.75, 3.05) is 33.5 Å². The molecule has 1 aromatic rings. The molecule has 7 heteroatoms. The molecule has 1 aromatic carbocycles. The maximum atomic E-state index is 13.1. The summed E-state index contributed by atoms with van der Waals surface area (Å²) in [6, 6.07) is 6.67. The van der Waals surface area contributed by atoms with Crippen molar-refractivity contribution in [3.8, 4) is 5.75 Å². The number of aliphatic carboxylic acids is 1. The third kappa shape index (κ3) is 4.16. The number of carbonyl (C=O) groups is 2. The maximum absolute atomic E-state index is 13.1. The fraction of sp³-hybridized carbons (Fsp3) is 0.579. The Balaban J connectivity index is 1.76. The van der Waals surface area contributed by atoms with E-state index in [2.05, 4.69) is 0 Å². The van der Waals surface area contributed by atoms with Crippen LogP contribution in [0.1, 0.15) is 29.6 Å². The smallest absolute Gasteiger partial charge is 0.341 e. The Kier molecular flexibility index (Phi) is 6.11. The summed E-state index contributed by atoms with van der Waals surface area (Å²) in [6.45, 7) is 1.14. The summed E-state index contributed by atoms with van der Waals surface area (Å²) in [5, 5.41) is 8.74. The van der Waals surface area contributed by atoms with Crippen LogP contribution in [-0.2, 0) is 14.3 Å². The number of nitrogens with zero attached hydrogens (tertiary/aromatic N) is 1. The quantitative estimate of drug-likeness (QED) is 0.830. The number of carbonyl (C=O) groups excluding carboxylic acids is 1. The van der Waals surface area contributed by atoms with E-state index in [9.17, 15) is 9.59 Å². The van der Waals surface area contributed by atoms with Crippen LogP contribution in [0.2, 0.25) is 0 Å². The molecule has 0 aromatic heterocycles. The number of rotatable bonds is 6. The third-order valence-corrected chi connectivity index (χ3v) is 5.17. The SMILES string of the molecule is COC1CCCC1C1COCCN1C(=O)c1cccc(OCC(=O)O)c1. The first-order chi connectivity index (χ1) is 12.6. The van der Waals surface area contributed by atoms with E-state index in [1.165, 1.54) is 0 Å². The molecule has 7 nitrogen and oxygen atoms in total. The zero-order valence-corrected chi connectivity index (χ0v) is 14.9. The van der Waals surface area contributed by atoms with Crippen LogP contribution in [0, 0.1) is 5.92 Å². The third-order valence-electron chi connectivity index (χ3n) is 5.17. The van der Waals surface area contributed by atoms with E-state index in [0.29, 0.717) is 31.1 Å². The lowest BCUT2D eigenvalue weighted by atomic mass is 9.93. The van der Waals surface area contributed by atoms with Gasteiger partial charge in [0.1, 0.15) is 5.75 Å². The van der Waals surface area contributed by atoms with Crippen LogP contribution >= 0.6 is 0 Å². The zero-order chi connectivity index (χ0) is 18.5. The number of ether oxygens (including phenoxy) is 3. The summed E-state index contributed by atoms with van der Waals surface area (Å²) in [7, 11) is 1.72. The van der Waals surface area contributed by atoms with Crippen molar-refractivity contribution in [2.24, 2.45) is 5.92 Å². The molecule has 0 radical (unpaired) electrons. The van der Waals surface area contributed by atoms with Crippen LogP contribution in [0.25, 0.3) is 0 Å². The molecule has 26 heavy (non-hydrogen) atoms. The molecule has 142 valence electrons. The van der Waals surface area contributed by atoms with Crippen LogP contribution in [0.15, 0.2) is 24.3 Å². The van der Waals surface area contributed by atoms with E-state index in [-0.39, 0.29) is 24.0 Å². The van der Waals surface area contributed by atoms with Crippen LogP contribution in [-0.4, -0.2) is 67.5 Å². The summed E-state index contributed by atoms with van der Waals surface area (Å²) in [4.78, 5) is 25.6. The molecular formula is C19H25NO6. The van der Waals surface area contributed by atoms with Crippen molar-refractivity contribution >= 4 is 11.9 Å². The molecule has 3 atom stereocenters. The van der Waals surface area contributed by atoms with Gasteiger partial charge in [0.15, 0.2) is 6.61 Å². The first kappa shape index (κ1) is 18.7. The van der Waals surface area contributed by atoms with Gasteiger partial charge in [-0.15, -0.1) is 0 Å².